The Labute approximate surface area is 150 Å². The minimum Gasteiger partial charge on any atom is -0.388 e. The van der Waals surface area contributed by atoms with Crippen LogP contribution < -0.4 is 10.6 Å². The maximum Gasteiger partial charge on any atom is 0.322 e. The molecule has 8 heteroatoms. The predicted molar refractivity (Wildman–Crippen MR) is 103 cm³/mol. The Bertz CT molecular complexity index is 548. The first-order chi connectivity index (χ1) is 11.7. The van der Waals surface area contributed by atoms with Crippen LogP contribution in [0.2, 0.25) is 0 Å². The summed E-state index contributed by atoms with van der Waals surface area (Å²) >= 11 is 0. The molecule has 0 aromatic rings. The van der Waals surface area contributed by atoms with E-state index in [1.54, 1.807) is 6.20 Å². The van der Waals surface area contributed by atoms with Gasteiger partial charge in [0.1, 0.15) is 18.3 Å². The summed E-state index contributed by atoms with van der Waals surface area (Å²) in [6.07, 6.45) is 5.57. The van der Waals surface area contributed by atoms with Gasteiger partial charge in [0.05, 0.1) is 12.8 Å². The number of hydrogen-bond acceptors (Lipinski definition) is 5. The topological polar surface area (TPSA) is 94.1 Å². The van der Waals surface area contributed by atoms with E-state index in [2.05, 4.69) is 37.2 Å². The monoisotopic (exact) mass is 373 g/mol. The third-order valence-corrected chi connectivity index (χ3v) is 5.95. The number of nitrogens with zero attached hydrogens (tertiary/aromatic N) is 1. The zero-order chi connectivity index (χ0) is 18.6. The molecule has 4 N–H and O–H groups in total. The molecule has 144 valence electrons. The average molecular weight is 373 g/mol. The van der Waals surface area contributed by atoms with E-state index >= 15 is 0 Å². The fourth-order valence-electron chi connectivity index (χ4n) is 3.02. The van der Waals surface area contributed by atoms with Crippen LogP contribution in [0, 0.1) is 0 Å². The van der Waals surface area contributed by atoms with E-state index in [9.17, 15) is 15.0 Å². The van der Waals surface area contributed by atoms with Crippen LogP contribution in [-0.2, 0) is 4.74 Å². The van der Waals surface area contributed by atoms with Gasteiger partial charge in [-0.25, -0.2) is 4.79 Å². The van der Waals surface area contributed by atoms with Crippen molar-refractivity contribution in [1.29, 1.82) is 0 Å². The maximum absolute atomic E-state index is 11.9. The van der Waals surface area contributed by atoms with E-state index in [-0.39, 0.29) is 6.03 Å². The van der Waals surface area contributed by atoms with Crippen molar-refractivity contribution in [3.05, 3.63) is 11.8 Å². The molecule has 0 aromatic carbocycles. The predicted octanol–water partition coefficient (Wildman–Crippen LogP) is 0.441. The van der Waals surface area contributed by atoms with Crippen LogP contribution in [0.5, 0.6) is 0 Å². The molecule has 2 amide bonds. The standard InChI is InChI=1S/C17H32N3O4P/c1-5-7-18-11-20-10-12(9-19-17(20)23)16-15(22)14(21)13(24-16)6-8-25(2,3)4/h10,13-16,18,21-22H,2,5-9,11H2,1,3-4H3,(H,19,23)/t13-,14-,15-,16?/m1/s1. The molecule has 0 saturated carbocycles. The Hall–Kier alpha value is -0.850. The van der Waals surface area contributed by atoms with E-state index in [1.165, 1.54) is 4.90 Å². The van der Waals surface area contributed by atoms with Crippen LogP contribution >= 0.6 is 6.89 Å². The zero-order valence-electron chi connectivity index (χ0n) is 15.4. The van der Waals surface area contributed by atoms with E-state index < -0.39 is 31.3 Å². The highest BCUT2D eigenvalue weighted by Crippen LogP contribution is 2.38. The minimum atomic E-state index is -1.21. The van der Waals surface area contributed by atoms with Crippen molar-refractivity contribution < 1.29 is 19.7 Å². The lowest BCUT2D eigenvalue weighted by Crippen LogP contribution is -2.48. The lowest BCUT2D eigenvalue weighted by Gasteiger charge is -2.29. The largest absolute Gasteiger partial charge is 0.388 e. The van der Waals surface area contributed by atoms with Crippen LogP contribution in [0.1, 0.15) is 19.8 Å². The summed E-state index contributed by atoms with van der Waals surface area (Å²) in [5, 5.41) is 26.7. The van der Waals surface area contributed by atoms with Gasteiger partial charge in [-0.05, 0) is 44.5 Å². The van der Waals surface area contributed by atoms with Crippen LogP contribution in [-0.4, -0.2) is 91.1 Å². The Morgan fingerprint density at radius 3 is 2.80 bits per heavy atom. The molecule has 1 unspecified atom stereocenters. The van der Waals surface area contributed by atoms with Crippen molar-refractivity contribution in [1.82, 2.24) is 15.5 Å². The van der Waals surface area contributed by atoms with Crippen LogP contribution in [0.3, 0.4) is 0 Å². The Balaban J connectivity index is 2.02. The second kappa shape index (κ2) is 8.69. The van der Waals surface area contributed by atoms with Crippen molar-refractivity contribution in [3.63, 3.8) is 0 Å². The summed E-state index contributed by atoms with van der Waals surface area (Å²) in [5.74, 6) is 0. The number of carbonyl (C=O) groups excluding carboxylic acids is 1. The van der Waals surface area contributed by atoms with Crippen LogP contribution in [0.4, 0.5) is 4.79 Å². The van der Waals surface area contributed by atoms with Gasteiger partial charge in [-0.15, -0.1) is 13.2 Å². The van der Waals surface area contributed by atoms with Gasteiger partial charge in [-0.3, -0.25) is 10.2 Å². The molecule has 0 spiro atoms. The van der Waals surface area contributed by atoms with E-state index in [1.807, 2.05) is 0 Å². The summed E-state index contributed by atoms with van der Waals surface area (Å²) < 4.78 is 5.95. The number of ether oxygens (including phenoxy) is 1. The molecular weight excluding hydrogens is 341 g/mol. The molecule has 1 fully saturated rings. The average Bonchev–Trinajstić information content (AvgIpc) is 2.82. The third-order valence-electron chi connectivity index (χ3n) is 4.48. The number of urea groups is 1. The van der Waals surface area contributed by atoms with Crippen molar-refractivity contribution >= 4 is 19.2 Å². The van der Waals surface area contributed by atoms with E-state index in [0.717, 1.165) is 24.7 Å². The van der Waals surface area contributed by atoms with Gasteiger partial charge in [0, 0.05) is 12.7 Å². The molecule has 2 rings (SSSR count). The first-order valence-corrected chi connectivity index (χ1v) is 11.9. The first kappa shape index (κ1) is 20.5. The Kier molecular flexibility index (Phi) is 7.11. The highest BCUT2D eigenvalue weighted by molar-refractivity contribution is 7.72. The highest BCUT2D eigenvalue weighted by atomic mass is 31.2. The molecule has 2 aliphatic heterocycles. The van der Waals surface area contributed by atoms with Crippen molar-refractivity contribution in [2.75, 3.05) is 39.2 Å². The molecule has 0 bridgehead atoms. The molecule has 1 saturated heterocycles. The fraction of sp³-hybridized carbons (Fsp3) is 0.765. The summed E-state index contributed by atoms with van der Waals surface area (Å²) in [4.78, 5) is 13.5. The maximum atomic E-state index is 11.9. The van der Waals surface area contributed by atoms with Crippen molar-refractivity contribution in [2.45, 2.75) is 44.2 Å². The lowest BCUT2D eigenvalue weighted by molar-refractivity contribution is 0.0180. The fourth-order valence-corrected chi connectivity index (χ4v) is 3.98. The third kappa shape index (κ3) is 5.56. The number of amides is 2. The Morgan fingerprint density at radius 1 is 1.44 bits per heavy atom. The normalized spacial score (nSPS) is 30.4. The molecule has 0 aliphatic carbocycles. The van der Waals surface area contributed by atoms with E-state index in [0.29, 0.717) is 19.6 Å². The molecular formula is C17H32N3O4P. The number of nitrogens with one attached hydrogen (secondary N) is 2. The lowest BCUT2D eigenvalue weighted by atomic mass is 10.0. The smallest absolute Gasteiger partial charge is 0.322 e. The summed E-state index contributed by atoms with van der Waals surface area (Å²) in [5.41, 5.74) is 0.774. The molecule has 2 heterocycles. The molecule has 4 atom stereocenters. The summed E-state index contributed by atoms with van der Waals surface area (Å²) in [6.45, 7) is 6.67. The van der Waals surface area contributed by atoms with Gasteiger partial charge < -0.3 is 20.3 Å². The van der Waals surface area contributed by atoms with Crippen molar-refractivity contribution in [2.24, 2.45) is 0 Å². The zero-order valence-corrected chi connectivity index (χ0v) is 16.3. The SMILES string of the molecule is C=P(C)(C)CC[C@H]1OC(C2=CN(CNCCC)C(=O)NC2)[C@H](O)[C@@H]1O. The molecule has 0 radical (unpaired) electrons. The number of carbonyl (C=O) groups is 1. The van der Waals surface area contributed by atoms with Gasteiger partial charge >= 0.3 is 6.03 Å². The minimum absolute atomic E-state index is 0.180. The summed E-state index contributed by atoms with van der Waals surface area (Å²) in [6, 6.07) is -0.180. The number of aliphatic hydroxyl groups excluding tert-OH is 2. The molecule has 25 heavy (non-hydrogen) atoms. The number of rotatable bonds is 8. The Morgan fingerprint density at radius 2 is 2.16 bits per heavy atom. The van der Waals surface area contributed by atoms with Crippen molar-refractivity contribution in [3.8, 4) is 0 Å². The highest BCUT2D eigenvalue weighted by Gasteiger charge is 2.44. The number of hydrogen-bond donors (Lipinski definition) is 4. The summed E-state index contributed by atoms with van der Waals surface area (Å²) in [7, 11) is 0. The number of aliphatic hydroxyl groups is 2. The van der Waals surface area contributed by atoms with Gasteiger partial charge in [-0.2, -0.15) is 0 Å². The molecule has 0 aromatic heterocycles. The first-order valence-electron chi connectivity index (χ1n) is 8.87. The second-order valence-electron chi connectivity index (χ2n) is 7.51. The quantitative estimate of drug-likeness (QED) is 0.366. The second-order valence-corrected chi connectivity index (χ2v) is 11.8. The van der Waals surface area contributed by atoms with Crippen LogP contribution in [0.15, 0.2) is 11.8 Å². The van der Waals surface area contributed by atoms with Gasteiger partial charge in [0.2, 0.25) is 0 Å². The van der Waals surface area contributed by atoms with Gasteiger partial charge in [0.15, 0.2) is 0 Å². The van der Waals surface area contributed by atoms with Crippen LogP contribution in [0.25, 0.3) is 0 Å². The van der Waals surface area contributed by atoms with Gasteiger partial charge in [0.25, 0.3) is 0 Å². The van der Waals surface area contributed by atoms with E-state index in [4.69, 9.17) is 4.74 Å². The molecule has 2 aliphatic rings. The molecule has 7 nitrogen and oxygen atoms in total. The van der Waals surface area contributed by atoms with Gasteiger partial charge in [-0.1, -0.05) is 6.92 Å².